The third-order valence-corrected chi connectivity index (χ3v) is 4.48. The average molecular weight is 326 g/mol. The molecule has 1 fully saturated rings. The summed E-state index contributed by atoms with van der Waals surface area (Å²) in [4.78, 5) is 12.0. The molecule has 1 radical (unpaired) electrons. The van der Waals surface area contributed by atoms with Crippen molar-refractivity contribution in [3.63, 3.8) is 0 Å². The highest BCUT2D eigenvalue weighted by atomic mass is 16.5. The van der Waals surface area contributed by atoms with Crippen molar-refractivity contribution in [1.82, 2.24) is 15.1 Å². The second-order valence-electron chi connectivity index (χ2n) is 6.46. The van der Waals surface area contributed by atoms with Gasteiger partial charge in [-0.2, -0.15) is 5.10 Å². The van der Waals surface area contributed by atoms with E-state index in [1.807, 2.05) is 25.4 Å². The lowest BCUT2D eigenvalue weighted by Gasteiger charge is -2.21. The van der Waals surface area contributed by atoms with Gasteiger partial charge in [-0.15, -0.1) is 0 Å². The van der Waals surface area contributed by atoms with Crippen molar-refractivity contribution in [3.8, 4) is 16.9 Å². The van der Waals surface area contributed by atoms with E-state index >= 15 is 0 Å². The molecule has 1 aromatic heterocycles. The van der Waals surface area contributed by atoms with Crippen LogP contribution in [0.5, 0.6) is 5.75 Å². The molecule has 0 unspecified atom stereocenters. The number of rotatable bonds is 6. The van der Waals surface area contributed by atoms with E-state index in [0.717, 1.165) is 17.7 Å². The molecule has 1 saturated carbocycles. The number of amides is 1. The number of carbonyl (C=O) groups is 1. The molecule has 3 rings (SSSR count). The molecule has 1 aliphatic rings. The molecule has 5 heteroatoms. The lowest BCUT2D eigenvalue weighted by molar-refractivity contribution is -0.123. The molecule has 127 valence electrons. The largest absolute Gasteiger partial charge is 0.484 e. The second kappa shape index (κ2) is 7.99. The topological polar surface area (TPSA) is 56.1 Å². The SMILES string of the molecule is Cn1cc(-c2c[c]cc(OCC(=O)NCC3CCCCC3)c2)cn1. The van der Waals surface area contributed by atoms with Crippen LogP contribution in [0.1, 0.15) is 32.1 Å². The number of hydrogen-bond acceptors (Lipinski definition) is 3. The fraction of sp³-hybridized carbons (Fsp3) is 0.474. The van der Waals surface area contributed by atoms with E-state index < -0.39 is 0 Å². The first-order chi connectivity index (χ1) is 11.7. The number of hydrogen-bond donors (Lipinski definition) is 1. The Morgan fingerprint density at radius 3 is 2.92 bits per heavy atom. The molecule has 24 heavy (non-hydrogen) atoms. The van der Waals surface area contributed by atoms with E-state index in [4.69, 9.17) is 4.74 Å². The van der Waals surface area contributed by atoms with Crippen molar-refractivity contribution in [2.45, 2.75) is 32.1 Å². The summed E-state index contributed by atoms with van der Waals surface area (Å²) in [6.45, 7) is 0.807. The maximum absolute atomic E-state index is 12.0. The van der Waals surface area contributed by atoms with E-state index in [0.29, 0.717) is 11.7 Å². The number of nitrogens with zero attached hydrogens (tertiary/aromatic N) is 2. The van der Waals surface area contributed by atoms with Gasteiger partial charge in [0.25, 0.3) is 5.91 Å². The standard InChI is InChI=1S/C19H24N3O2/c1-22-13-17(12-21-22)16-8-5-9-18(10-16)24-14-19(23)20-11-15-6-3-2-4-7-15/h8-10,12-13,15H,2-4,6-7,11,14H2,1H3,(H,20,23). The molecule has 0 saturated heterocycles. The normalized spacial score (nSPS) is 15.2. The molecular formula is C19H24N3O2. The Hall–Kier alpha value is -2.30. The van der Waals surface area contributed by atoms with Crippen LogP contribution in [0.3, 0.4) is 0 Å². The summed E-state index contributed by atoms with van der Waals surface area (Å²) in [5, 5.41) is 7.15. The fourth-order valence-corrected chi connectivity index (χ4v) is 3.12. The maximum atomic E-state index is 12.0. The van der Waals surface area contributed by atoms with Gasteiger partial charge in [0.15, 0.2) is 6.61 Å². The molecule has 1 N–H and O–H groups in total. The minimum Gasteiger partial charge on any atom is -0.484 e. The fourth-order valence-electron chi connectivity index (χ4n) is 3.12. The summed E-state index contributed by atoms with van der Waals surface area (Å²) in [7, 11) is 1.88. The van der Waals surface area contributed by atoms with E-state index in [9.17, 15) is 4.79 Å². The van der Waals surface area contributed by atoms with Crippen molar-refractivity contribution in [3.05, 3.63) is 36.7 Å². The molecule has 5 nitrogen and oxygen atoms in total. The molecule has 0 atom stereocenters. The van der Waals surface area contributed by atoms with Crippen molar-refractivity contribution >= 4 is 5.91 Å². The monoisotopic (exact) mass is 326 g/mol. The van der Waals surface area contributed by atoms with Crippen LogP contribution in [-0.2, 0) is 11.8 Å². The third-order valence-electron chi connectivity index (χ3n) is 4.48. The van der Waals surface area contributed by atoms with Gasteiger partial charge in [0.2, 0.25) is 0 Å². The predicted molar refractivity (Wildman–Crippen MR) is 92.6 cm³/mol. The molecule has 2 aromatic rings. The number of aryl methyl sites for hydroxylation is 1. The molecule has 0 spiro atoms. The Balaban J connectivity index is 1.48. The van der Waals surface area contributed by atoms with Gasteiger partial charge in [0.1, 0.15) is 5.75 Å². The van der Waals surface area contributed by atoms with Gasteiger partial charge in [-0.1, -0.05) is 19.3 Å². The minimum atomic E-state index is -0.0626. The number of nitrogens with one attached hydrogen (secondary N) is 1. The van der Waals surface area contributed by atoms with Gasteiger partial charge in [-0.3, -0.25) is 9.48 Å². The summed E-state index contributed by atoms with van der Waals surface area (Å²) in [5.41, 5.74) is 1.98. The van der Waals surface area contributed by atoms with Gasteiger partial charge in [-0.25, -0.2) is 0 Å². The van der Waals surface area contributed by atoms with Crippen LogP contribution in [0.15, 0.2) is 30.6 Å². The summed E-state index contributed by atoms with van der Waals surface area (Å²) in [6.07, 6.45) is 10.1. The van der Waals surface area contributed by atoms with Crippen LogP contribution in [0, 0.1) is 12.0 Å². The highest BCUT2D eigenvalue weighted by Crippen LogP contribution is 2.23. The van der Waals surface area contributed by atoms with Crippen LogP contribution >= 0.6 is 0 Å². The maximum Gasteiger partial charge on any atom is 0.257 e. The van der Waals surface area contributed by atoms with E-state index in [2.05, 4.69) is 16.5 Å². The number of carbonyl (C=O) groups excluding carboxylic acids is 1. The van der Waals surface area contributed by atoms with Gasteiger partial charge in [-0.05, 0) is 48.6 Å². The first-order valence-corrected chi connectivity index (χ1v) is 8.60. The minimum absolute atomic E-state index is 0.0387. The highest BCUT2D eigenvalue weighted by molar-refractivity contribution is 5.77. The Bertz CT molecular complexity index is 675. The van der Waals surface area contributed by atoms with Crippen LogP contribution in [0.2, 0.25) is 0 Å². The summed E-state index contributed by atoms with van der Waals surface area (Å²) in [6, 6.07) is 8.58. The second-order valence-corrected chi connectivity index (χ2v) is 6.46. The molecule has 1 heterocycles. The third kappa shape index (κ3) is 4.60. The predicted octanol–water partition coefficient (Wildman–Crippen LogP) is 2.96. The quantitative estimate of drug-likeness (QED) is 0.888. The molecule has 1 aromatic carbocycles. The first kappa shape index (κ1) is 16.6. The molecule has 0 bridgehead atoms. The Morgan fingerprint density at radius 1 is 1.33 bits per heavy atom. The average Bonchev–Trinajstić information content (AvgIpc) is 3.06. The van der Waals surface area contributed by atoms with Crippen molar-refractivity contribution in [2.24, 2.45) is 13.0 Å². The molecular weight excluding hydrogens is 302 g/mol. The van der Waals surface area contributed by atoms with E-state index in [1.165, 1.54) is 32.1 Å². The first-order valence-electron chi connectivity index (χ1n) is 8.60. The summed E-state index contributed by atoms with van der Waals surface area (Å²) < 4.78 is 7.36. The Morgan fingerprint density at radius 2 is 2.17 bits per heavy atom. The smallest absolute Gasteiger partial charge is 0.257 e. The van der Waals surface area contributed by atoms with Crippen LogP contribution in [0.4, 0.5) is 0 Å². The zero-order chi connectivity index (χ0) is 16.8. The number of benzene rings is 1. The Kier molecular flexibility index (Phi) is 5.51. The van der Waals surface area contributed by atoms with Gasteiger partial charge >= 0.3 is 0 Å². The van der Waals surface area contributed by atoms with Gasteiger partial charge in [0, 0.05) is 25.4 Å². The van der Waals surface area contributed by atoms with E-state index in [-0.39, 0.29) is 12.5 Å². The van der Waals surface area contributed by atoms with Gasteiger partial charge < -0.3 is 10.1 Å². The summed E-state index contributed by atoms with van der Waals surface area (Å²) in [5.74, 6) is 1.21. The Labute approximate surface area is 143 Å². The highest BCUT2D eigenvalue weighted by Gasteiger charge is 2.14. The molecule has 0 aliphatic heterocycles. The lowest BCUT2D eigenvalue weighted by Crippen LogP contribution is -2.33. The molecule has 1 amide bonds. The van der Waals surface area contributed by atoms with Gasteiger partial charge in [0.05, 0.1) is 6.20 Å². The number of ether oxygens (including phenoxy) is 1. The zero-order valence-electron chi connectivity index (χ0n) is 14.1. The van der Waals surface area contributed by atoms with Crippen molar-refractivity contribution in [2.75, 3.05) is 13.2 Å². The number of aromatic nitrogens is 2. The zero-order valence-corrected chi connectivity index (χ0v) is 14.1. The summed E-state index contributed by atoms with van der Waals surface area (Å²) >= 11 is 0. The van der Waals surface area contributed by atoms with Crippen LogP contribution in [-0.4, -0.2) is 28.8 Å². The molecule has 1 aliphatic carbocycles. The van der Waals surface area contributed by atoms with Crippen LogP contribution < -0.4 is 10.1 Å². The van der Waals surface area contributed by atoms with Crippen molar-refractivity contribution < 1.29 is 9.53 Å². The van der Waals surface area contributed by atoms with Crippen LogP contribution in [0.25, 0.3) is 11.1 Å². The van der Waals surface area contributed by atoms with Crippen molar-refractivity contribution in [1.29, 1.82) is 0 Å². The lowest BCUT2D eigenvalue weighted by atomic mass is 9.89. The van der Waals surface area contributed by atoms with E-state index in [1.54, 1.807) is 16.9 Å².